The molecule has 0 saturated carbocycles. The standard InChI is InChI=1S/C20H22N4O5S/c1-19(2)8-13-9-28-17(23-15(25)12-6-4-3-5-7-12)24-20(13,11-29-19)16-21-14(10-30-16)22-18(26)27/h3-7,10,13,22H,8-9,11H2,1-2H3,(H,26,27)(H,23,24,25)/t13-,20-/m0/s1. The molecule has 1 saturated heterocycles. The Hall–Kier alpha value is -2.98. The third-order valence-corrected chi connectivity index (χ3v) is 6.19. The fourth-order valence-corrected chi connectivity index (χ4v) is 4.67. The third kappa shape index (κ3) is 4.01. The fraction of sp³-hybridized carbons (Fsp3) is 0.400. The monoisotopic (exact) mass is 430 g/mol. The highest BCUT2D eigenvalue weighted by molar-refractivity contribution is 7.10. The number of aliphatic imine (C=N–C) groups is 1. The molecule has 1 fully saturated rings. The van der Waals surface area contributed by atoms with Crippen LogP contribution in [0, 0.1) is 5.92 Å². The van der Waals surface area contributed by atoms with Crippen molar-refractivity contribution < 1.29 is 24.2 Å². The second-order valence-corrected chi connectivity index (χ2v) is 8.75. The number of hydrogen-bond acceptors (Lipinski definition) is 7. The minimum Gasteiger partial charge on any atom is -0.465 e. The van der Waals surface area contributed by atoms with Gasteiger partial charge in [0.05, 0.1) is 18.8 Å². The number of carboxylic acid groups (broad SMARTS) is 1. The Bertz CT molecular complexity index is 990. The number of amides is 2. The molecule has 4 rings (SSSR count). The van der Waals surface area contributed by atoms with E-state index in [1.165, 1.54) is 11.3 Å². The molecule has 2 aliphatic rings. The Morgan fingerprint density at radius 3 is 2.73 bits per heavy atom. The maximum atomic E-state index is 12.6. The van der Waals surface area contributed by atoms with E-state index in [-0.39, 0.29) is 35.9 Å². The van der Waals surface area contributed by atoms with E-state index in [0.29, 0.717) is 23.6 Å². The number of carbonyl (C=O) groups excluding carboxylic acids is 1. The topological polar surface area (TPSA) is 122 Å². The van der Waals surface area contributed by atoms with E-state index in [0.717, 1.165) is 0 Å². The molecule has 0 bridgehead atoms. The number of fused-ring (bicyclic) bond motifs is 1. The molecule has 30 heavy (non-hydrogen) atoms. The smallest absolute Gasteiger partial charge is 0.410 e. The number of thiazole rings is 1. The van der Waals surface area contributed by atoms with Crippen LogP contribution in [0.4, 0.5) is 10.6 Å². The zero-order valence-corrected chi connectivity index (χ0v) is 17.4. The summed E-state index contributed by atoms with van der Waals surface area (Å²) in [4.78, 5) is 32.7. The van der Waals surface area contributed by atoms with Crippen LogP contribution in [0.2, 0.25) is 0 Å². The highest BCUT2D eigenvalue weighted by Gasteiger charge is 2.53. The van der Waals surface area contributed by atoms with Gasteiger partial charge in [-0.15, -0.1) is 11.3 Å². The van der Waals surface area contributed by atoms with Gasteiger partial charge in [-0.2, -0.15) is 0 Å². The molecule has 158 valence electrons. The van der Waals surface area contributed by atoms with E-state index < -0.39 is 11.6 Å². The number of nitrogens with zero attached hydrogens (tertiary/aromatic N) is 2. The van der Waals surface area contributed by atoms with Gasteiger partial charge in [0.25, 0.3) is 11.9 Å². The maximum Gasteiger partial charge on any atom is 0.410 e. The van der Waals surface area contributed by atoms with Gasteiger partial charge in [0.2, 0.25) is 0 Å². The summed E-state index contributed by atoms with van der Waals surface area (Å²) in [7, 11) is 0. The van der Waals surface area contributed by atoms with Gasteiger partial charge < -0.3 is 14.6 Å². The first-order chi connectivity index (χ1) is 14.3. The number of amidine groups is 1. The van der Waals surface area contributed by atoms with Crippen molar-refractivity contribution in [1.82, 2.24) is 10.3 Å². The SMILES string of the molecule is CC1(C)C[C@H]2COC(NC(=O)c3ccccc3)=N[C@@]2(c2nc(NC(=O)O)cs2)CO1. The van der Waals surface area contributed by atoms with Crippen LogP contribution in [0.3, 0.4) is 0 Å². The predicted octanol–water partition coefficient (Wildman–Crippen LogP) is 3.06. The second kappa shape index (κ2) is 7.69. The second-order valence-electron chi connectivity index (χ2n) is 7.89. The summed E-state index contributed by atoms with van der Waals surface area (Å²) >= 11 is 1.30. The predicted molar refractivity (Wildman–Crippen MR) is 111 cm³/mol. The van der Waals surface area contributed by atoms with Gasteiger partial charge >= 0.3 is 6.09 Å². The lowest BCUT2D eigenvalue weighted by Gasteiger charge is -2.47. The number of benzene rings is 1. The van der Waals surface area contributed by atoms with Crippen molar-refractivity contribution in [3.63, 3.8) is 0 Å². The van der Waals surface area contributed by atoms with Crippen LogP contribution in [0.15, 0.2) is 40.7 Å². The molecule has 0 spiro atoms. The van der Waals surface area contributed by atoms with Crippen molar-refractivity contribution >= 4 is 35.2 Å². The quantitative estimate of drug-likeness (QED) is 0.688. The van der Waals surface area contributed by atoms with E-state index in [9.17, 15) is 9.59 Å². The van der Waals surface area contributed by atoms with Crippen molar-refractivity contribution in [3.8, 4) is 0 Å². The molecule has 2 amide bonds. The molecule has 2 atom stereocenters. The van der Waals surface area contributed by atoms with E-state index in [1.807, 2.05) is 19.9 Å². The number of nitrogens with one attached hydrogen (secondary N) is 2. The lowest BCUT2D eigenvalue weighted by molar-refractivity contribution is -0.128. The van der Waals surface area contributed by atoms with Crippen molar-refractivity contribution in [2.24, 2.45) is 10.9 Å². The lowest BCUT2D eigenvalue weighted by Crippen LogP contribution is -2.55. The molecule has 9 nitrogen and oxygen atoms in total. The molecule has 2 aliphatic heterocycles. The van der Waals surface area contributed by atoms with Crippen molar-refractivity contribution in [2.45, 2.75) is 31.4 Å². The lowest BCUT2D eigenvalue weighted by atomic mass is 9.76. The molecule has 3 N–H and O–H groups in total. The zero-order valence-electron chi connectivity index (χ0n) is 16.5. The van der Waals surface area contributed by atoms with Crippen LogP contribution in [-0.2, 0) is 15.0 Å². The number of aromatic nitrogens is 1. The summed E-state index contributed by atoms with van der Waals surface area (Å²) < 4.78 is 11.9. The van der Waals surface area contributed by atoms with Crippen molar-refractivity contribution in [2.75, 3.05) is 18.5 Å². The molecule has 2 aromatic rings. The van der Waals surface area contributed by atoms with Gasteiger partial charge in [0, 0.05) is 16.9 Å². The summed E-state index contributed by atoms with van der Waals surface area (Å²) in [5.74, 6) is -0.133. The van der Waals surface area contributed by atoms with E-state index in [2.05, 4.69) is 15.6 Å². The van der Waals surface area contributed by atoms with Crippen LogP contribution < -0.4 is 10.6 Å². The van der Waals surface area contributed by atoms with Gasteiger partial charge in [-0.3, -0.25) is 15.4 Å². The highest BCUT2D eigenvalue weighted by atomic mass is 32.1. The minimum atomic E-state index is -1.19. The molecule has 1 aromatic carbocycles. The number of anilines is 1. The van der Waals surface area contributed by atoms with Gasteiger partial charge in [-0.05, 0) is 32.4 Å². The van der Waals surface area contributed by atoms with Crippen LogP contribution in [0.25, 0.3) is 0 Å². The van der Waals surface area contributed by atoms with Crippen LogP contribution in [-0.4, -0.2) is 46.9 Å². The summed E-state index contributed by atoms with van der Waals surface area (Å²) in [6.07, 6.45) is -0.509. The van der Waals surface area contributed by atoms with Gasteiger partial charge in [-0.1, -0.05) is 18.2 Å². The molecule has 10 heteroatoms. The summed E-state index contributed by atoms with van der Waals surface area (Å²) in [6, 6.07) is 8.89. The van der Waals surface area contributed by atoms with E-state index in [4.69, 9.17) is 19.6 Å². The molecular weight excluding hydrogens is 408 g/mol. The first kappa shape index (κ1) is 20.3. The largest absolute Gasteiger partial charge is 0.465 e. The van der Waals surface area contributed by atoms with Gasteiger partial charge in [-0.25, -0.2) is 14.8 Å². The third-order valence-electron chi connectivity index (χ3n) is 5.18. The highest BCUT2D eigenvalue weighted by Crippen LogP contribution is 2.47. The molecule has 0 radical (unpaired) electrons. The maximum absolute atomic E-state index is 12.6. The molecule has 0 unspecified atom stereocenters. The molecule has 0 aliphatic carbocycles. The summed E-state index contributed by atoms with van der Waals surface area (Å²) in [5, 5.41) is 16.2. The van der Waals surface area contributed by atoms with E-state index in [1.54, 1.807) is 29.6 Å². The van der Waals surface area contributed by atoms with Crippen LogP contribution in [0.5, 0.6) is 0 Å². The van der Waals surface area contributed by atoms with Crippen LogP contribution >= 0.6 is 11.3 Å². The summed E-state index contributed by atoms with van der Waals surface area (Å²) in [6.45, 7) is 4.60. The van der Waals surface area contributed by atoms with Crippen LogP contribution in [0.1, 0.15) is 35.6 Å². The summed E-state index contributed by atoms with van der Waals surface area (Å²) in [5.41, 5.74) is -0.726. The minimum absolute atomic E-state index is 0.0394. The molecule has 3 heterocycles. The Balaban J connectivity index is 1.66. The Kier molecular flexibility index (Phi) is 5.20. The molecule has 1 aromatic heterocycles. The Morgan fingerprint density at radius 1 is 1.23 bits per heavy atom. The Morgan fingerprint density at radius 2 is 2.00 bits per heavy atom. The number of ether oxygens (including phenoxy) is 2. The fourth-order valence-electron chi connectivity index (χ4n) is 3.70. The van der Waals surface area contributed by atoms with Crippen molar-refractivity contribution in [3.05, 3.63) is 46.3 Å². The number of rotatable bonds is 3. The average molecular weight is 430 g/mol. The van der Waals surface area contributed by atoms with E-state index >= 15 is 0 Å². The number of carbonyl (C=O) groups is 2. The zero-order chi connectivity index (χ0) is 21.4. The molecular formula is C20H22N4O5S. The first-order valence-electron chi connectivity index (χ1n) is 9.46. The van der Waals surface area contributed by atoms with Crippen molar-refractivity contribution in [1.29, 1.82) is 0 Å². The first-order valence-corrected chi connectivity index (χ1v) is 10.3. The normalized spacial score (nSPS) is 24.7. The van der Waals surface area contributed by atoms with Gasteiger partial charge in [0.15, 0.2) is 0 Å². The number of hydrogen-bond donors (Lipinski definition) is 3. The average Bonchev–Trinajstić information content (AvgIpc) is 3.17. The Labute approximate surface area is 177 Å². The van der Waals surface area contributed by atoms with Gasteiger partial charge in [0.1, 0.15) is 16.4 Å².